The molecule has 0 aromatic heterocycles. The number of benzene rings is 3. The van der Waals surface area contributed by atoms with E-state index in [0.29, 0.717) is 25.9 Å². The largest absolute Gasteiger partial charge is 0.376 e. The monoisotopic (exact) mass is 672 g/mol. The third-order valence-electron chi connectivity index (χ3n) is 9.29. The van der Waals surface area contributed by atoms with Crippen LogP contribution in [0.3, 0.4) is 0 Å². The Morgan fingerprint density at radius 3 is 2.21 bits per heavy atom. The number of carbonyl (C=O) groups is 1. The molecule has 1 unspecified atom stereocenters. The lowest BCUT2D eigenvalue weighted by molar-refractivity contribution is -0.119. The number of ether oxygens (including phenoxy) is 1. The molecule has 0 radical (unpaired) electrons. The van der Waals surface area contributed by atoms with Gasteiger partial charge < -0.3 is 21.1 Å². The standard InChI is InChI=1S/C35H43F3N4O4S/c1-21-19-40-20-28(42(21)47(44,45)29-14-11-27(37)12-15-29)13-16-30-31(38)5-4-6-32(30)41-35(43)34(39)33(24-7-9-26(36)10-8-24)25-17-22(2)46-23(3)18-25/h4-12,14-15,21-23,25,28,33-34,40H,13,16-20,39H2,1-3H3,(H,41,43)/t21-,22-,23+,25?,28-,33-,34-/m0/s1. The SMILES string of the molecule is C[C@@H]1CC([C@H](c2ccc(F)cc2)[C@H](N)C(=O)Nc2cccc(F)c2CC[C@H]2CNC[C@H](C)N2S(=O)(=O)c2ccc(F)cc2)C[C@H](C)O1. The molecule has 4 N–H and O–H groups in total. The van der Waals surface area contributed by atoms with Gasteiger partial charge in [-0.05, 0) is 106 Å². The number of halogens is 3. The lowest BCUT2D eigenvalue weighted by Crippen LogP contribution is -2.58. The van der Waals surface area contributed by atoms with E-state index in [-0.39, 0.29) is 47.1 Å². The van der Waals surface area contributed by atoms with Crippen LogP contribution in [0.2, 0.25) is 0 Å². The number of hydrogen-bond acceptors (Lipinski definition) is 6. The molecule has 47 heavy (non-hydrogen) atoms. The normalized spacial score (nSPS) is 25.2. The lowest BCUT2D eigenvalue weighted by atomic mass is 9.74. The van der Waals surface area contributed by atoms with Gasteiger partial charge in [-0.2, -0.15) is 4.31 Å². The Balaban J connectivity index is 1.36. The van der Waals surface area contributed by atoms with Crippen LogP contribution >= 0.6 is 0 Å². The summed E-state index contributed by atoms with van der Waals surface area (Å²) in [6.07, 6.45) is 1.64. The average molecular weight is 673 g/mol. The Bertz CT molecular complexity index is 1630. The topological polar surface area (TPSA) is 114 Å². The second-order valence-corrected chi connectivity index (χ2v) is 14.7. The summed E-state index contributed by atoms with van der Waals surface area (Å²) < 4.78 is 77.4. The minimum absolute atomic E-state index is 0.0122. The van der Waals surface area contributed by atoms with Gasteiger partial charge in [-0.3, -0.25) is 4.79 Å². The molecule has 0 bridgehead atoms. The number of rotatable bonds is 10. The molecule has 2 saturated heterocycles. The zero-order chi connectivity index (χ0) is 33.9. The Kier molecular flexibility index (Phi) is 11.1. The van der Waals surface area contributed by atoms with Gasteiger partial charge in [-0.1, -0.05) is 18.2 Å². The summed E-state index contributed by atoms with van der Waals surface area (Å²) in [6, 6.07) is 13.1. The predicted molar refractivity (Wildman–Crippen MR) is 175 cm³/mol. The maximum atomic E-state index is 15.4. The molecule has 0 aliphatic carbocycles. The van der Waals surface area contributed by atoms with E-state index < -0.39 is 57.4 Å². The number of carbonyl (C=O) groups excluding carboxylic acids is 1. The van der Waals surface area contributed by atoms with Crippen molar-refractivity contribution in [2.24, 2.45) is 11.7 Å². The Labute approximate surface area is 274 Å². The molecule has 254 valence electrons. The van der Waals surface area contributed by atoms with Crippen LogP contribution in [0, 0.1) is 23.4 Å². The van der Waals surface area contributed by atoms with Crippen molar-refractivity contribution in [3.8, 4) is 0 Å². The maximum absolute atomic E-state index is 15.4. The number of nitrogens with zero attached hydrogens (tertiary/aromatic N) is 1. The third kappa shape index (κ3) is 8.06. The molecule has 8 nitrogen and oxygen atoms in total. The molecule has 5 rings (SSSR count). The van der Waals surface area contributed by atoms with Crippen LogP contribution < -0.4 is 16.4 Å². The third-order valence-corrected chi connectivity index (χ3v) is 11.4. The first kappa shape index (κ1) is 35.0. The fourth-order valence-electron chi connectivity index (χ4n) is 7.22. The first-order valence-electron chi connectivity index (χ1n) is 16.1. The van der Waals surface area contributed by atoms with E-state index in [1.807, 2.05) is 13.8 Å². The van der Waals surface area contributed by atoms with Gasteiger partial charge in [0, 0.05) is 42.3 Å². The van der Waals surface area contributed by atoms with Crippen molar-refractivity contribution in [1.82, 2.24) is 9.62 Å². The van der Waals surface area contributed by atoms with Crippen LogP contribution in [-0.2, 0) is 26.0 Å². The molecular formula is C35H43F3N4O4S. The van der Waals surface area contributed by atoms with Crippen LogP contribution in [-0.4, -0.2) is 62.1 Å². The van der Waals surface area contributed by atoms with Crippen molar-refractivity contribution in [1.29, 1.82) is 0 Å². The van der Waals surface area contributed by atoms with Gasteiger partial charge in [0.1, 0.15) is 17.5 Å². The van der Waals surface area contributed by atoms with Crippen molar-refractivity contribution in [2.75, 3.05) is 18.4 Å². The molecule has 2 fully saturated rings. The van der Waals surface area contributed by atoms with Gasteiger partial charge in [0.2, 0.25) is 15.9 Å². The van der Waals surface area contributed by atoms with E-state index in [4.69, 9.17) is 10.5 Å². The minimum Gasteiger partial charge on any atom is -0.376 e. The molecule has 3 aromatic carbocycles. The number of nitrogens with one attached hydrogen (secondary N) is 2. The second-order valence-electron chi connectivity index (χ2n) is 12.8. The van der Waals surface area contributed by atoms with Crippen LogP contribution in [0.4, 0.5) is 18.9 Å². The highest BCUT2D eigenvalue weighted by atomic mass is 32.2. The maximum Gasteiger partial charge on any atom is 0.243 e. The molecule has 12 heteroatoms. The summed E-state index contributed by atoms with van der Waals surface area (Å²) in [4.78, 5) is 13.8. The van der Waals surface area contributed by atoms with E-state index in [0.717, 1.165) is 17.7 Å². The summed E-state index contributed by atoms with van der Waals surface area (Å²) in [6.45, 7) is 6.50. The highest BCUT2D eigenvalue weighted by Crippen LogP contribution is 2.39. The highest BCUT2D eigenvalue weighted by Gasteiger charge is 2.39. The van der Waals surface area contributed by atoms with Gasteiger partial charge >= 0.3 is 0 Å². The van der Waals surface area contributed by atoms with Crippen LogP contribution in [0.1, 0.15) is 57.1 Å². The molecule has 3 aromatic rings. The molecule has 2 aliphatic heterocycles. The number of anilines is 1. The molecule has 2 aliphatic rings. The number of nitrogens with two attached hydrogens (primary N) is 1. The Morgan fingerprint density at radius 2 is 1.57 bits per heavy atom. The van der Waals surface area contributed by atoms with Gasteiger partial charge in [0.05, 0.1) is 23.1 Å². The van der Waals surface area contributed by atoms with Crippen LogP contribution in [0.5, 0.6) is 0 Å². The number of sulfonamides is 1. The van der Waals surface area contributed by atoms with Crippen LogP contribution in [0.25, 0.3) is 0 Å². The van der Waals surface area contributed by atoms with Crippen molar-refractivity contribution >= 4 is 21.6 Å². The summed E-state index contributed by atoms with van der Waals surface area (Å²) in [7, 11) is -3.98. The number of hydrogen-bond donors (Lipinski definition) is 3. The first-order chi connectivity index (χ1) is 22.3. The molecule has 1 amide bonds. The van der Waals surface area contributed by atoms with Crippen molar-refractivity contribution in [2.45, 2.75) is 87.6 Å². The summed E-state index contributed by atoms with van der Waals surface area (Å²) in [5.41, 5.74) is 7.90. The zero-order valence-electron chi connectivity index (χ0n) is 26.8. The molecule has 0 saturated carbocycles. The minimum atomic E-state index is -3.98. The van der Waals surface area contributed by atoms with Crippen LogP contribution in [0.15, 0.2) is 71.6 Å². The van der Waals surface area contributed by atoms with E-state index in [9.17, 15) is 22.0 Å². The van der Waals surface area contributed by atoms with Gasteiger partial charge in [0.15, 0.2) is 0 Å². The predicted octanol–water partition coefficient (Wildman–Crippen LogP) is 5.34. The number of amides is 1. The molecule has 2 heterocycles. The van der Waals surface area contributed by atoms with Gasteiger partial charge in [-0.15, -0.1) is 0 Å². The Morgan fingerprint density at radius 1 is 0.957 bits per heavy atom. The Hall–Kier alpha value is -3.29. The highest BCUT2D eigenvalue weighted by molar-refractivity contribution is 7.89. The fourth-order valence-corrected chi connectivity index (χ4v) is 9.06. The first-order valence-corrected chi connectivity index (χ1v) is 17.5. The summed E-state index contributed by atoms with van der Waals surface area (Å²) in [5.74, 6) is -2.43. The zero-order valence-corrected chi connectivity index (χ0v) is 27.7. The van der Waals surface area contributed by atoms with Crippen molar-refractivity contribution in [3.63, 3.8) is 0 Å². The van der Waals surface area contributed by atoms with E-state index in [1.165, 1.54) is 40.7 Å². The van der Waals surface area contributed by atoms with E-state index in [1.54, 1.807) is 25.1 Å². The summed E-state index contributed by atoms with van der Waals surface area (Å²) in [5, 5.41) is 6.10. The van der Waals surface area contributed by atoms with Crippen molar-refractivity contribution in [3.05, 3.63) is 95.3 Å². The second kappa shape index (κ2) is 14.9. The number of piperazine rings is 1. The van der Waals surface area contributed by atoms with Crippen molar-refractivity contribution < 1.29 is 31.1 Å². The average Bonchev–Trinajstić information content (AvgIpc) is 3.01. The quantitative estimate of drug-likeness (QED) is 0.268. The summed E-state index contributed by atoms with van der Waals surface area (Å²) >= 11 is 0. The molecule has 7 atom stereocenters. The molecular weight excluding hydrogens is 629 g/mol. The van der Waals surface area contributed by atoms with Gasteiger partial charge in [0.25, 0.3) is 0 Å². The van der Waals surface area contributed by atoms with Gasteiger partial charge in [-0.25, -0.2) is 21.6 Å². The smallest absolute Gasteiger partial charge is 0.243 e. The van der Waals surface area contributed by atoms with E-state index in [2.05, 4.69) is 10.6 Å². The van der Waals surface area contributed by atoms with E-state index >= 15 is 4.39 Å². The fraction of sp³-hybridized carbons (Fsp3) is 0.457. The molecule has 0 spiro atoms. The lowest BCUT2D eigenvalue weighted by Gasteiger charge is -2.40.